The van der Waals surface area contributed by atoms with Crippen molar-refractivity contribution in [3.8, 4) is 17.6 Å². The van der Waals surface area contributed by atoms with Gasteiger partial charge in [-0.1, -0.05) is 28.9 Å². The van der Waals surface area contributed by atoms with Gasteiger partial charge < -0.3 is 10.1 Å². The number of halogens is 1. The number of ether oxygens (including phenoxy) is 1. The van der Waals surface area contributed by atoms with Gasteiger partial charge in [0.1, 0.15) is 5.75 Å². The SMILES string of the molecule is CC#CCC(NCC)c1ccc(Br)cc1OC. The number of methoxy groups -OCH3 is 1. The van der Waals surface area contributed by atoms with Gasteiger partial charge in [0, 0.05) is 22.5 Å². The number of benzene rings is 1. The van der Waals surface area contributed by atoms with E-state index < -0.39 is 0 Å². The molecule has 0 fully saturated rings. The predicted octanol–water partition coefficient (Wildman–Crippen LogP) is 3.52. The van der Waals surface area contributed by atoms with Gasteiger partial charge in [0.05, 0.1) is 7.11 Å². The summed E-state index contributed by atoms with van der Waals surface area (Å²) < 4.78 is 6.44. The molecule has 0 heterocycles. The highest BCUT2D eigenvalue weighted by Gasteiger charge is 2.14. The van der Waals surface area contributed by atoms with Gasteiger partial charge in [0.2, 0.25) is 0 Å². The molecule has 1 aromatic rings. The lowest BCUT2D eigenvalue weighted by Crippen LogP contribution is -2.21. The predicted molar refractivity (Wildman–Crippen MR) is 75.2 cm³/mol. The molecule has 0 saturated carbocycles. The minimum atomic E-state index is 0.218. The van der Waals surface area contributed by atoms with Crippen LogP contribution < -0.4 is 10.1 Å². The Balaban J connectivity index is 3.02. The van der Waals surface area contributed by atoms with Crippen molar-refractivity contribution in [3.05, 3.63) is 28.2 Å². The third-order valence-electron chi connectivity index (χ3n) is 2.50. The standard InChI is InChI=1S/C14H18BrNO/c1-4-6-7-13(16-5-2)12-9-8-11(15)10-14(12)17-3/h8-10,13,16H,5,7H2,1-3H3. The van der Waals surface area contributed by atoms with Crippen LogP contribution in [-0.4, -0.2) is 13.7 Å². The van der Waals surface area contributed by atoms with Crippen LogP contribution in [0.25, 0.3) is 0 Å². The first kappa shape index (κ1) is 14.1. The van der Waals surface area contributed by atoms with Gasteiger partial charge in [-0.05, 0) is 25.6 Å². The van der Waals surface area contributed by atoms with E-state index in [1.165, 1.54) is 0 Å². The lowest BCUT2D eigenvalue weighted by atomic mass is 10.0. The smallest absolute Gasteiger partial charge is 0.124 e. The van der Waals surface area contributed by atoms with Crippen LogP contribution in [0.1, 0.15) is 31.9 Å². The largest absolute Gasteiger partial charge is 0.496 e. The summed E-state index contributed by atoms with van der Waals surface area (Å²) in [5.41, 5.74) is 1.15. The van der Waals surface area contributed by atoms with Crippen molar-refractivity contribution >= 4 is 15.9 Å². The molecular formula is C14H18BrNO. The fourth-order valence-electron chi connectivity index (χ4n) is 1.72. The van der Waals surface area contributed by atoms with Gasteiger partial charge in [-0.3, -0.25) is 0 Å². The molecule has 0 bridgehead atoms. The van der Waals surface area contributed by atoms with Crippen LogP contribution in [0.15, 0.2) is 22.7 Å². The maximum Gasteiger partial charge on any atom is 0.124 e. The third-order valence-corrected chi connectivity index (χ3v) is 3.00. The molecule has 1 aromatic carbocycles. The lowest BCUT2D eigenvalue weighted by molar-refractivity contribution is 0.400. The fraction of sp³-hybridized carbons (Fsp3) is 0.429. The van der Waals surface area contributed by atoms with Gasteiger partial charge in [-0.25, -0.2) is 0 Å². The number of nitrogens with one attached hydrogen (secondary N) is 1. The van der Waals surface area contributed by atoms with Crippen molar-refractivity contribution in [2.24, 2.45) is 0 Å². The summed E-state index contributed by atoms with van der Waals surface area (Å²) >= 11 is 3.45. The Morgan fingerprint density at radius 3 is 2.82 bits per heavy atom. The Morgan fingerprint density at radius 2 is 2.24 bits per heavy atom. The van der Waals surface area contributed by atoms with Crippen LogP contribution in [0.5, 0.6) is 5.75 Å². The molecule has 0 aliphatic carbocycles. The van der Waals surface area contributed by atoms with E-state index in [1.807, 2.05) is 19.1 Å². The average molecular weight is 296 g/mol. The van der Waals surface area contributed by atoms with Gasteiger partial charge in [0.15, 0.2) is 0 Å². The fourth-order valence-corrected chi connectivity index (χ4v) is 2.06. The van der Waals surface area contributed by atoms with E-state index in [0.717, 1.165) is 28.8 Å². The zero-order valence-corrected chi connectivity index (χ0v) is 12.1. The normalized spacial score (nSPS) is 11.5. The summed E-state index contributed by atoms with van der Waals surface area (Å²) in [5, 5.41) is 3.43. The van der Waals surface area contributed by atoms with Gasteiger partial charge in [-0.15, -0.1) is 11.8 Å². The quantitative estimate of drug-likeness (QED) is 0.839. The molecule has 1 unspecified atom stereocenters. The van der Waals surface area contributed by atoms with Gasteiger partial charge in [0.25, 0.3) is 0 Å². The number of rotatable bonds is 5. The first-order valence-corrected chi connectivity index (χ1v) is 6.48. The molecule has 0 radical (unpaired) electrons. The van der Waals surface area contributed by atoms with Crippen LogP contribution in [0.3, 0.4) is 0 Å². The summed E-state index contributed by atoms with van der Waals surface area (Å²) in [4.78, 5) is 0. The summed E-state index contributed by atoms with van der Waals surface area (Å²) in [6.07, 6.45) is 0.794. The third kappa shape index (κ3) is 4.07. The monoisotopic (exact) mass is 295 g/mol. The Kier molecular flexibility index (Phi) is 6.10. The van der Waals surface area contributed by atoms with E-state index >= 15 is 0 Å². The van der Waals surface area contributed by atoms with Crippen molar-refractivity contribution in [3.63, 3.8) is 0 Å². The van der Waals surface area contributed by atoms with E-state index in [2.05, 4.69) is 46.1 Å². The van der Waals surface area contributed by atoms with Gasteiger partial charge in [-0.2, -0.15) is 0 Å². The molecule has 1 atom stereocenters. The zero-order chi connectivity index (χ0) is 12.7. The summed E-state index contributed by atoms with van der Waals surface area (Å²) in [6.45, 7) is 4.87. The second-order valence-corrected chi connectivity index (χ2v) is 4.54. The van der Waals surface area contributed by atoms with Crippen molar-refractivity contribution in [1.82, 2.24) is 5.32 Å². The Labute approximate surface area is 112 Å². The molecule has 0 amide bonds. The first-order chi connectivity index (χ1) is 8.22. The zero-order valence-electron chi connectivity index (χ0n) is 10.5. The maximum absolute atomic E-state index is 5.42. The molecule has 0 spiro atoms. The van der Waals surface area contributed by atoms with Crippen molar-refractivity contribution in [2.75, 3.05) is 13.7 Å². The molecule has 17 heavy (non-hydrogen) atoms. The van der Waals surface area contributed by atoms with Crippen LogP contribution in [-0.2, 0) is 0 Å². The molecule has 0 aliphatic heterocycles. The van der Waals surface area contributed by atoms with E-state index in [-0.39, 0.29) is 6.04 Å². The highest BCUT2D eigenvalue weighted by atomic mass is 79.9. The first-order valence-electron chi connectivity index (χ1n) is 5.69. The Morgan fingerprint density at radius 1 is 1.47 bits per heavy atom. The summed E-state index contributed by atoms with van der Waals surface area (Å²) in [7, 11) is 1.69. The van der Waals surface area contributed by atoms with Crippen LogP contribution in [0.2, 0.25) is 0 Å². The molecule has 0 aliphatic rings. The maximum atomic E-state index is 5.42. The minimum Gasteiger partial charge on any atom is -0.496 e. The Bertz CT molecular complexity index is 420. The number of hydrogen-bond donors (Lipinski definition) is 1. The van der Waals surface area contributed by atoms with Crippen molar-refractivity contribution in [1.29, 1.82) is 0 Å². The highest BCUT2D eigenvalue weighted by Crippen LogP contribution is 2.30. The van der Waals surface area contributed by atoms with Crippen molar-refractivity contribution in [2.45, 2.75) is 26.3 Å². The minimum absolute atomic E-state index is 0.218. The lowest BCUT2D eigenvalue weighted by Gasteiger charge is -2.18. The molecule has 1 rings (SSSR count). The van der Waals surface area contributed by atoms with E-state index in [1.54, 1.807) is 7.11 Å². The second-order valence-electron chi connectivity index (χ2n) is 3.63. The molecule has 0 aromatic heterocycles. The average Bonchev–Trinajstić information content (AvgIpc) is 2.34. The van der Waals surface area contributed by atoms with E-state index in [4.69, 9.17) is 4.74 Å². The number of hydrogen-bond acceptors (Lipinski definition) is 2. The summed E-state index contributed by atoms with van der Waals surface area (Å²) in [6, 6.07) is 6.31. The van der Waals surface area contributed by atoms with Crippen LogP contribution in [0, 0.1) is 11.8 Å². The van der Waals surface area contributed by atoms with Crippen molar-refractivity contribution < 1.29 is 4.74 Å². The van der Waals surface area contributed by atoms with Gasteiger partial charge >= 0.3 is 0 Å². The molecular weight excluding hydrogens is 278 g/mol. The highest BCUT2D eigenvalue weighted by molar-refractivity contribution is 9.10. The van der Waals surface area contributed by atoms with E-state index in [0.29, 0.717) is 0 Å². The molecule has 1 N–H and O–H groups in total. The second kappa shape index (κ2) is 7.37. The molecule has 3 heteroatoms. The Hall–Kier alpha value is -0.980. The molecule has 0 saturated heterocycles. The van der Waals surface area contributed by atoms with Crippen LogP contribution in [0.4, 0.5) is 0 Å². The topological polar surface area (TPSA) is 21.3 Å². The van der Waals surface area contributed by atoms with E-state index in [9.17, 15) is 0 Å². The van der Waals surface area contributed by atoms with Crippen LogP contribution >= 0.6 is 15.9 Å². The molecule has 2 nitrogen and oxygen atoms in total. The summed E-state index contributed by atoms with van der Waals surface area (Å²) in [5.74, 6) is 6.94. The molecule has 92 valence electrons.